The molecule has 0 aliphatic carbocycles. The lowest BCUT2D eigenvalue weighted by atomic mass is 10.2. The number of halogens is 3. The van der Waals surface area contributed by atoms with Crippen molar-refractivity contribution in [3.8, 4) is 11.7 Å². The molecule has 1 N–H and O–H groups in total. The Hall–Kier alpha value is -3.02. The first kappa shape index (κ1) is 17.8. The topological polar surface area (TPSA) is 94.8 Å². The minimum atomic E-state index is -4.84. The van der Waals surface area contributed by atoms with Gasteiger partial charge in [0, 0.05) is 11.4 Å². The lowest BCUT2D eigenvalue weighted by molar-refractivity contribution is -0.143. The number of aromatic nitrogens is 5. The standard InChI is InChI=1S/C14H11F3N6O2S/c1-7-6-26-13(19-7)20-12(24)8-5-18-23(11(8)14(15,16)17)9-3-4-10(25-2)22-21-9/h3-6H,1-2H3,(H,19,20,24). The number of alkyl halides is 3. The Bertz CT molecular complexity index is 935. The van der Waals surface area contributed by atoms with Gasteiger partial charge in [0.15, 0.2) is 16.6 Å². The van der Waals surface area contributed by atoms with Crippen LogP contribution in [-0.2, 0) is 6.18 Å². The van der Waals surface area contributed by atoms with Gasteiger partial charge in [-0.15, -0.1) is 21.5 Å². The summed E-state index contributed by atoms with van der Waals surface area (Å²) in [4.78, 5) is 16.3. The highest BCUT2D eigenvalue weighted by Crippen LogP contribution is 2.33. The van der Waals surface area contributed by atoms with E-state index in [-0.39, 0.29) is 16.8 Å². The zero-order valence-corrected chi connectivity index (χ0v) is 14.2. The average Bonchev–Trinajstić information content (AvgIpc) is 3.21. The highest BCUT2D eigenvalue weighted by molar-refractivity contribution is 7.13. The van der Waals surface area contributed by atoms with Crippen molar-refractivity contribution in [2.45, 2.75) is 13.1 Å². The molecule has 0 unspecified atom stereocenters. The first-order valence-corrected chi connectivity index (χ1v) is 7.94. The maximum absolute atomic E-state index is 13.5. The summed E-state index contributed by atoms with van der Waals surface area (Å²) in [6, 6.07) is 2.59. The molecule has 3 heterocycles. The molecule has 1 amide bonds. The number of carbonyl (C=O) groups is 1. The largest absolute Gasteiger partial charge is 0.480 e. The number of carbonyl (C=O) groups excluding carboxylic acids is 1. The molecule has 0 aromatic carbocycles. The second kappa shape index (κ2) is 6.71. The monoisotopic (exact) mass is 384 g/mol. The van der Waals surface area contributed by atoms with Crippen LogP contribution in [0.5, 0.6) is 5.88 Å². The van der Waals surface area contributed by atoms with Crippen molar-refractivity contribution in [1.29, 1.82) is 0 Å². The van der Waals surface area contributed by atoms with Gasteiger partial charge < -0.3 is 4.74 Å². The second-order valence-corrected chi connectivity index (χ2v) is 5.86. The van der Waals surface area contributed by atoms with Crippen molar-refractivity contribution < 1.29 is 22.7 Å². The Morgan fingerprint density at radius 2 is 2.08 bits per heavy atom. The molecular weight excluding hydrogens is 373 g/mol. The Morgan fingerprint density at radius 3 is 2.62 bits per heavy atom. The Kier molecular flexibility index (Phi) is 4.59. The van der Waals surface area contributed by atoms with Gasteiger partial charge in [0.2, 0.25) is 5.88 Å². The number of nitrogens with one attached hydrogen (secondary N) is 1. The molecule has 0 aliphatic heterocycles. The van der Waals surface area contributed by atoms with E-state index in [9.17, 15) is 18.0 Å². The minimum absolute atomic E-state index is 0.131. The highest BCUT2D eigenvalue weighted by Gasteiger charge is 2.41. The van der Waals surface area contributed by atoms with E-state index in [0.717, 1.165) is 17.5 Å². The molecule has 0 spiro atoms. The summed E-state index contributed by atoms with van der Waals surface area (Å²) < 4.78 is 46.0. The molecule has 3 aromatic heterocycles. The fourth-order valence-electron chi connectivity index (χ4n) is 2.07. The summed E-state index contributed by atoms with van der Waals surface area (Å²) in [5.41, 5.74) is -1.27. The molecule has 0 bridgehead atoms. The van der Waals surface area contributed by atoms with Gasteiger partial charge in [-0.1, -0.05) is 0 Å². The Balaban J connectivity index is 2.00. The van der Waals surface area contributed by atoms with E-state index in [1.807, 2.05) is 0 Å². The summed E-state index contributed by atoms with van der Waals surface area (Å²) in [5.74, 6) is -1.05. The molecule has 0 aliphatic rings. The van der Waals surface area contributed by atoms with Crippen LogP contribution in [-0.4, -0.2) is 38.0 Å². The zero-order valence-electron chi connectivity index (χ0n) is 13.4. The predicted molar refractivity (Wildman–Crippen MR) is 85.5 cm³/mol. The maximum Gasteiger partial charge on any atom is 0.434 e. The summed E-state index contributed by atoms with van der Waals surface area (Å²) in [6.45, 7) is 1.70. The number of ether oxygens (including phenoxy) is 1. The van der Waals surface area contributed by atoms with E-state index in [1.165, 1.54) is 19.2 Å². The first-order valence-electron chi connectivity index (χ1n) is 7.06. The molecule has 3 rings (SSSR count). The molecule has 0 atom stereocenters. The third kappa shape index (κ3) is 3.49. The van der Waals surface area contributed by atoms with Crippen molar-refractivity contribution >= 4 is 22.4 Å². The zero-order chi connectivity index (χ0) is 18.9. The fraction of sp³-hybridized carbons (Fsp3) is 0.214. The van der Waals surface area contributed by atoms with E-state index in [0.29, 0.717) is 10.4 Å². The van der Waals surface area contributed by atoms with E-state index in [2.05, 4.69) is 25.6 Å². The predicted octanol–water partition coefficient (Wildman–Crippen LogP) is 2.71. The summed E-state index contributed by atoms with van der Waals surface area (Å²) >= 11 is 1.11. The molecule has 136 valence electrons. The molecule has 3 aromatic rings. The molecular formula is C14H11F3N6O2S. The molecule has 0 fully saturated rings. The third-order valence-electron chi connectivity index (χ3n) is 3.17. The van der Waals surface area contributed by atoms with E-state index in [1.54, 1.807) is 12.3 Å². The smallest absolute Gasteiger partial charge is 0.434 e. The number of hydrogen-bond acceptors (Lipinski definition) is 7. The van der Waals surface area contributed by atoms with Gasteiger partial charge >= 0.3 is 6.18 Å². The number of thiazole rings is 1. The third-order valence-corrected chi connectivity index (χ3v) is 4.05. The second-order valence-electron chi connectivity index (χ2n) is 5.00. The van der Waals surface area contributed by atoms with Gasteiger partial charge in [0.05, 0.1) is 24.6 Å². The number of rotatable bonds is 4. The van der Waals surface area contributed by atoms with Crippen molar-refractivity contribution in [2.75, 3.05) is 12.4 Å². The lowest BCUT2D eigenvalue weighted by Gasteiger charge is -2.11. The SMILES string of the molecule is COc1ccc(-n2ncc(C(=O)Nc3nc(C)cs3)c2C(F)(F)F)nn1. The van der Waals surface area contributed by atoms with Gasteiger partial charge in [0.1, 0.15) is 0 Å². The van der Waals surface area contributed by atoms with E-state index in [4.69, 9.17) is 4.74 Å². The fourth-order valence-corrected chi connectivity index (χ4v) is 2.75. The number of amides is 1. The van der Waals surface area contributed by atoms with Crippen LogP contribution in [0.2, 0.25) is 0 Å². The molecule has 12 heteroatoms. The van der Waals surface area contributed by atoms with Crippen molar-refractivity contribution in [1.82, 2.24) is 25.0 Å². The van der Waals surface area contributed by atoms with E-state index < -0.39 is 23.3 Å². The van der Waals surface area contributed by atoms with Crippen LogP contribution < -0.4 is 10.1 Å². The normalized spacial score (nSPS) is 11.4. The van der Waals surface area contributed by atoms with Gasteiger partial charge in [-0.3, -0.25) is 10.1 Å². The van der Waals surface area contributed by atoms with Gasteiger partial charge in [-0.25, -0.2) is 9.67 Å². The summed E-state index contributed by atoms with van der Waals surface area (Å²) in [5, 5.41) is 15.1. The van der Waals surface area contributed by atoms with Gasteiger partial charge in [-0.05, 0) is 13.0 Å². The lowest BCUT2D eigenvalue weighted by Crippen LogP contribution is -2.21. The van der Waals surface area contributed by atoms with Crippen LogP contribution in [0, 0.1) is 6.92 Å². The number of nitrogens with zero attached hydrogens (tertiary/aromatic N) is 5. The molecule has 26 heavy (non-hydrogen) atoms. The minimum Gasteiger partial charge on any atom is -0.480 e. The Labute approximate surface area is 148 Å². The number of methoxy groups -OCH3 is 1. The van der Waals surface area contributed by atoms with Crippen molar-refractivity contribution in [3.05, 3.63) is 40.7 Å². The Morgan fingerprint density at radius 1 is 1.31 bits per heavy atom. The van der Waals surface area contributed by atoms with E-state index >= 15 is 0 Å². The summed E-state index contributed by atoms with van der Waals surface area (Å²) in [6.07, 6.45) is -4.02. The molecule has 8 nitrogen and oxygen atoms in total. The van der Waals surface area contributed by atoms with Crippen LogP contribution in [0.15, 0.2) is 23.7 Å². The average molecular weight is 384 g/mol. The first-order chi connectivity index (χ1) is 12.3. The molecule has 0 saturated carbocycles. The molecule has 0 radical (unpaired) electrons. The number of hydrogen-bond donors (Lipinski definition) is 1. The van der Waals surface area contributed by atoms with Crippen LogP contribution in [0.25, 0.3) is 5.82 Å². The van der Waals surface area contributed by atoms with Crippen LogP contribution >= 0.6 is 11.3 Å². The summed E-state index contributed by atoms with van der Waals surface area (Å²) in [7, 11) is 1.35. The van der Waals surface area contributed by atoms with Crippen molar-refractivity contribution in [3.63, 3.8) is 0 Å². The highest BCUT2D eigenvalue weighted by atomic mass is 32.1. The van der Waals surface area contributed by atoms with Crippen molar-refractivity contribution in [2.24, 2.45) is 0 Å². The van der Waals surface area contributed by atoms with Crippen LogP contribution in [0.4, 0.5) is 18.3 Å². The molecule has 0 saturated heterocycles. The van der Waals surface area contributed by atoms with Gasteiger partial charge in [-0.2, -0.15) is 18.3 Å². The quantitative estimate of drug-likeness (QED) is 0.743. The van der Waals surface area contributed by atoms with Crippen LogP contribution in [0.1, 0.15) is 21.7 Å². The maximum atomic E-state index is 13.5. The van der Waals surface area contributed by atoms with Gasteiger partial charge in [0.25, 0.3) is 5.91 Å². The van der Waals surface area contributed by atoms with Crippen LogP contribution in [0.3, 0.4) is 0 Å². The number of aryl methyl sites for hydroxylation is 1. The number of anilines is 1.